The number of hydrogen-bond acceptors (Lipinski definition) is 5. The van der Waals surface area contributed by atoms with Gasteiger partial charge < -0.3 is 14.2 Å². The van der Waals surface area contributed by atoms with Gasteiger partial charge in [0.2, 0.25) is 5.90 Å². The number of hydrogen-bond donors (Lipinski definition) is 0. The maximum atomic E-state index is 12.6. The summed E-state index contributed by atoms with van der Waals surface area (Å²) >= 11 is 0. The zero-order valence-electron chi connectivity index (χ0n) is 14.8. The second kappa shape index (κ2) is 6.29. The van der Waals surface area contributed by atoms with Crippen LogP contribution in [0.1, 0.15) is 16.7 Å². The number of nitrogens with zero attached hydrogens (tertiary/aromatic N) is 2. The molecule has 2 aliphatic rings. The summed E-state index contributed by atoms with van der Waals surface area (Å²) in [6, 6.07) is 11.2. The lowest BCUT2D eigenvalue weighted by molar-refractivity contribution is -0.120. The van der Waals surface area contributed by atoms with E-state index in [1.807, 2.05) is 25.1 Å². The molecule has 2 heterocycles. The second-order valence-electron chi connectivity index (χ2n) is 6.26. The smallest absolute Gasteiger partial charge is 0.260 e. The van der Waals surface area contributed by atoms with Crippen molar-refractivity contribution in [1.29, 1.82) is 0 Å². The Morgan fingerprint density at radius 1 is 1.08 bits per heavy atom. The average Bonchev–Trinajstić information content (AvgIpc) is 2.66. The van der Waals surface area contributed by atoms with Crippen molar-refractivity contribution in [3.8, 4) is 17.2 Å². The number of fused-ring (bicyclic) bond motifs is 2. The van der Waals surface area contributed by atoms with Crippen LogP contribution in [0.4, 0.5) is 0 Å². The highest BCUT2D eigenvalue weighted by Crippen LogP contribution is 2.33. The Hall–Kier alpha value is -3.15. The van der Waals surface area contributed by atoms with Crippen LogP contribution in [0, 0.1) is 12.8 Å². The summed E-state index contributed by atoms with van der Waals surface area (Å²) in [6.45, 7) is 2.01. The zero-order chi connectivity index (χ0) is 18.3. The molecule has 6 nitrogen and oxygen atoms in total. The van der Waals surface area contributed by atoms with Crippen molar-refractivity contribution < 1.29 is 19.0 Å². The molecule has 1 unspecified atom stereocenters. The predicted octanol–water partition coefficient (Wildman–Crippen LogP) is 2.95. The van der Waals surface area contributed by atoms with Crippen LogP contribution < -0.4 is 14.2 Å². The van der Waals surface area contributed by atoms with E-state index < -0.39 is 5.92 Å². The molecule has 1 amide bonds. The minimum absolute atomic E-state index is 0.255. The second-order valence-corrected chi connectivity index (χ2v) is 6.26. The molecular formula is C20H18N2O4. The Kier molecular flexibility index (Phi) is 3.95. The van der Waals surface area contributed by atoms with E-state index in [1.165, 1.54) is 0 Å². The van der Waals surface area contributed by atoms with Crippen molar-refractivity contribution in [3.05, 3.63) is 53.1 Å². The van der Waals surface area contributed by atoms with E-state index in [9.17, 15) is 4.79 Å². The normalized spacial score (nSPS) is 18.1. The number of carbonyl (C=O) groups is 1. The Morgan fingerprint density at radius 3 is 2.69 bits per heavy atom. The lowest BCUT2D eigenvalue weighted by Crippen LogP contribution is -2.37. The van der Waals surface area contributed by atoms with Crippen molar-refractivity contribution in [1.82, 2.24) is 0 Å². The summed E-state index contributed by atoms with van der Waals surface area (Å²) in [7, 11) is 3.13. The number of aliphatic imine (C=N–C) groups is 2. The van der Waals surface area contributed by atoms with Gasteiger partial charge in [-0.05, 0) is 37.1 Å². The number of methoxy groups -OCH3 is 2. The molecule has 4 rings (SSSR count). The monoisotopic (exact) mass is 350 g/mol. The molecule has 1 atom stereocenters. The molecule has 2 aliphatic heterocycles. The standard InChI is InChI=1S/C20H18N2O4/c1-11-4-7-16-12(8-11)9-15-19(23)21-18(22-20(15)26-16)14-6-5-13(24-2)10-17(14)25-3/h4-8,10,15H,9H2,1-3H3. The van der Waals surface area contributed by atoms with Crippen LogP contribution in [0.3, 0.4) is 0 Å². The average molecular weight is 350 g/mol. The van der Waals surface area contributed by atoms with Crippen molar-refractivity contribution in [2.75, 3.05) is 14.2 Å². The van der Waals surface area contributed by atoms with Crippen LogP contribution >= 0.6 is 0 Å². The molecule has 26 heavy (non-hydrogen) atoms. The minimum atomic E-state index is -0.475. The van der Waals surface area contributed by atoms with E-state index in [2.05, 4.69) is 9.98 Å². The van der Waals surface area contributed by atoms with Gasteiger partial charge in [0.15, 0.2) is 5.84 Å². The summed E-state index contributed by atoms with van der Waals surface area (Å²) in [5, 5.41) is 0. The number of benzene rings is 2. The molecule has 6 heteroatoms. The summed E-state index contributed by atoms with van der Waals surface area (Å²) in [5.41, 5.74) is 2.75. The van der Waals surface area contributed by atoms with E-state index in [0.29, 0.717) is 29.4 Å². The fourth-order valence-electron chi connectivity index (χ4n) is 3.17. The quantitative estimate of drug-likeness (QED) is 0.853. The predicted molar refractivity (Wildman–Crippen MR) is 97.5 cm³/mol. The molecule has 0 aromatic heterocycles. The van der Waals surface area contributed by atoms with Gasteiger partial charge in [0.1, 0.15) is 23.2 Å². The highest BCUT2D eigenvalue weighted by molar-refractivity contribution is 6.20. The van der Waals surface area contributed by atoms with E-state index in [-0.39, 0.29) is 11.7 Å². The first kappa shape index (κ1) is 16.3. The molecule has 132 valence electrons. The Morgan fingerprint density at radius 2 is 1.92 bits per heavy atom. The van der Waals surface area contributed by atoms with Gasteiger partial charge in [-0.1, -0.05) is 17.7 Å². The van der Waals surface area contributed by atoms with Gasteiger partial charge in [0.05, 0.1) is 19.8 Å². The molecule has 0 bridgehead atoms. The van der Waals surface area contributed by atoms with Gasteiger partial charge in [0, 0.05) is 6.07 Å². The van der Waals surface area contributed by atoms with Crippen LogP contribution in [-0.2, 0) is 11.2 Å². The minimum Gasteiger partial charge on any atom is -0.497 e. The van der Waals surface area contributed by atoms with Crippen LogP contribution in [-0.4, -0.2) is 31.9 Å². The molecule has 0 aliphatic carbocycles. The van der Waals surface area contributed by atoms with Crippen LogP contribution in [0.5, 0.6) is 17.2 Å². The first-order valence-electron chi connectivity index (χ1n) is 8.30. The number of carbonyl (C=O) groups excluding carboxylic acids is 1. The van der Waals surface area contributed by atoms with Crippen molar-refractivity contribution in [2.24, 2.45) is 15.9 Å². The maximum absolute atomic E-state index is 12.6. The van der Waals surface area contributed by atoms with Crippen molar-refractivity contribution in [3.63, 3.8) is 0 Å². The first-order valence-corrected chi connectivity index (χ1v) is 8.30. The highest BCUT2D eigenvalue weighted by Gasteiger charge is 2.36. The molecule has 0 N–H and O–H groups in total. The molecule has 0 saturated heterocycles. The summed E-state index contributed by atoms with van der Waals surface area (Å²) < 4.78 is 16.5. The Bertz CT molecular complexity index is 962. The van der Waals surface area contributed by atoms with Gasteiger partial charge >= 0.3 is 0 Å². The van der Waals surface area contributed by atoms with E-state index in [1.54, 1.807) is 32.4 Å². The highest BCUT2D eigenvalue weighted by atomic mass is 16.5. The summed E-state index contributed by atoms with van der Waals surface area (Å²) in [6.07, 6.45) is 0.547. The number of aryl methyl sites for hydroxylation is 1. The molecule has 0 spiro atoms. The van der Waals surface area contributed by atoms with Crippen LogP contribution in [0.25, 0.3) is 0 Å². The van der Waals surface area contributed by atoms with Gasteiger partial charge in [-0.3, -0.25) is 4.79 Å². The maximum Gasteiger partial charge on any atom is 0.260 e. The molecule has 0 fully saturated rings. The fourth-order valence-corrected chi connectivity index (χ4v) is 3.17. The molecule has 2 aromatic rings. The third kappa shape index (κ3) is 2.73. The van der Waals surface area contributed by atoms with Crippen molar-refractivity contribution >= 4 is 17.6 Å². The Balaban J connectivity index is 1.74. The lowest BCUT2D eigenvalue weighted by Gasteiger charge is -2.27. The molecule has 2 aromatic carbocycles. The van der Waals surface area contributed by atoms with Crippen LogP contribution in [0.2, 0.25) is 0 Å². The summed E-state index contributed by atoms with van der Waals surface area (Å²) in [4.78, 5) is 21.3. The van der Waals surface area contributed by atoms with Crippen LogP contribution in [0.15, 0.2) is 46.4 Å². The number of ether oxygens (including phenoxy) is 3. The first-order chi connectivity index (χ1) is 12.6. The third-order valence-corrected chi connectivity index (χ3v) is 4.53. The SMILES string of the molecule is COc1ccc(C2=NC(=O)C3Cc4cc(C)ccc4OC3=N2)c(OC)c1. The van der Waals surface area contributed by atoms with Gasteiger partial charge in [0.25, 0.3) is 5.91 Å². The molecule has 0 saturated carbocycles. The topological polar surface area (TPSA) is 69.5 Å². The largest absolute Gasteiger partial charge is 0.497 e. The summed E-state index contributed by atoms with van der Waals surface area (Å²) in [5.74, 6) is 1.86. The fraction of sp³-hybridized carbons (Fsp3) is 0.250. The van der Waals surface area contributed by atoms with E-state index >= 15 is 0 Å². The van der Waals surface area contributed by atoms with Gasteiger partial charge in [-0.2, -0.15) is 9.98 Å². The zero-order valence-corrected chi connectivity index (χ0v) is 14.8. The number of rotatable bonds is 3. The Labute approximate surface area is 151 Å². The lowest BCUT2D eigenvalue weighted by atomic mass is 9.93. The van der Waals surface area contributed by atoms with Crippen molar-refractivity contribution in [2.45, 2.75) is 13.3 Å². The van der Waals surface area contributed by atoms with Gasteiger partial charge in [-0.15, -0.1) is 0 Å². The number of amidine groups is 1. The number of amides is 1. The van der Waals surface area contributed by atoms with E-state index in [4.69, 9.17) is 14.2 Å². The van der Waals surface area contributed by atoms with Gasteiger partial charge in [-0.25, -0.2) is 0 Å². The van der Waals surface area contributed by atoms with E-state index in [0.717, 1.165) is 16.9 Å². The third-order valence-electron chi connectivity index (χ3n) is 4.53. The molecule has 0 radical (unpaired) electrons. The molecular weight excluding hydrogens is 332 g/mol.